The van der Waals surface area contributed by atoms with Gasteiger partial charge in [-0.3, -0.25) is 9.59 Å². The van der Waals surface area contributed by atoms with E-state index in [0.717, 1.165) is 51.9 Å². The molecule has 18 atom stereocenters. The van der Waals surface area contributed by atoms with Crippen molar-refractivity contribution in [2.75, 3.05) is 26.4 Å². The van der Waals surface area contributed by atoms with E-state index in [1.165, 1.54) is 263 Å². The fraction of sp³-hybridized carbons (Fsp3) is 0.917. The van der Waals surface area contributed by atoms with E-state index in [0.29, 0.717) is 12.8 Å². The summed E-state index contributed by atoms with van der Waals surface area (Å²) >= 11 is 0. The number of carboxylic acid groups (broad SMARTS) is 1. The zero-order chi connectivity index (χ0) is 78.1. The van der Waals surface area contributed by atoms with Crippen molar-refractivity contribution >= 4 is 17.8 Å². The number of carbonyl (C=O) groups is 3. The second kappa shape index (κ2) is 62.6. The van der Waals surface area contributed by atoms with Crippen LogP contribution >= 0.6 is 0 Å². The summed E-state index contributed by atoms with van der Waals surface area (Å²) in [6.07, 6.45) is 42.3. The van der Waals surface area contributed by atoms with Crippen LogP contribution < -0.4 is 10.6 Å². The number of hydrogen-bond acceptors (Lipinski definition) is 20. The number of rotatable bonds is 69. The molecule has 3 fully saturated rings. The van der Waals surface area contributed by atoms with Crippen molar-refractivity contribution in [1.82, 2.24) is 10.6 Å². The Kier molecular flexibility index (Phi) is 57.6. The van der Waals surface area contributed by atoms with E-state index >= 15 is 0 Å². The number of aliphatic hydroxyl groups excluding tert-OH is 11. The first-order valence-corrected chi connectivity index (χ1v) is 43.2. The Labute approximate surface area is 644 Å². The lowest BCUT2D eigenvalue weighted by Crippen LogP contribution is -2.70. The van der Waals surface area contributed by atoms with E-state index in [9.17, 15) is 75.7 Å². The Balaban J connectivity index is 1.46. The van der Waals surface area contributed by atoms with Crippen LogP contribution in [0.25, 0.3) is 0 Å². The van der Waals surface area contributed by atoms with Crippen LogP contribution in [0.4, 0.5) is 0 Å². The van der Waals surface area contributed by atoms with Gasteiger partial charge in [-0.25, -0.2) is 4.79 Å². The molecule has 0 bridgehead atoms. The Hall–Kier alpha value is -2.79. The van der Waals surface area contributed by atoms with Crippen molar-refractivity contribution < 1.29 is 104 Å². The molecule has 14 N–H and O–H groups in total. The minimum Gasteiger partial charge on any atom is -0.477 e. The highest BCUT2D eigenvalue weighted by Gasteiger charge is 2.60. The molecule has 3 aliphatic rings. The zero-order valence-electron chi connectivity index (χ0n) is 66.8. The van der Waals surface area contributed by atoms with Crippen molar-refractivity contribution in [2.24, 2.45) is 0 Å². The van der Waals surface area contributed by atoms with Crippen LogP contribution in [0, 0.1) is 0 Å². The van der Waals surface area contributed by atoms with Crippen LogP contribution in [-0.4, -0.2) is 215 Å². The molecule has 3 saturated heterocycles. The summed E-state index contributed by atoms with van der Waals surface area (Å²) in [5.74, 6) is -6.13. The molecule has 0 aliphatic carbocycles. The molecule has 0 radical (unpaired) electrons. The Morgan fingerprint density at radius 3 is 1.27 bits per heavy atom. The van der Waals surface area contributed by atoms with Gasteiger partial charge in [0, 0.05) is 19.8 Å². The second-order valence-corrected chi connectivity index (χ2v) is 31.4. The van der Waals surface area contributed by atoms with Crippen LogP contribution in [0.5, 0.6) is 0 Å². The van der Waals surface area contributed by atoms with E-state index < -0.39 is 155 Å². The van der Waals surface area contributed by atoms with Gasteiger partial charge in [0.1, 0.15) is 67.1 Å². The number of carbonyl (C=O) groups excluding carboxylic acids is 2. The maximum atomic E-state index is 13.6. The molecule has 628 valence electrons. The third-order valence-electron chi connectivity index (χ3n) is 21.9. The lowest BCUT2D eigenvalue weighted by molar-refractivity contribution is -0.386. The molecule has 0 aromatic carbocycles. The molecule has 107 heavy (non-hydrogen) atoms. The third-order valence-corrected chi connectivity index (χ3v) is 21.9. The number of unbranched alkanes of at least 4 members (excludes halogenated alkanes) is 47. The lowest BCUT2D eigenvalue weighted by Gasteiger charge is -2.50. The summed E-state index contributed by atoms with van der Waals surface area (Å²) in [4.78, 5) is 38.7. The number of ether oxygens (including phenoxy) is 6. The number of allylic oxidation sites excluding steroid dienone is 3. The van der Waals surface area contributed by atoms with Crippen molar-refractivity contribution in [3.05, 3.63) is 24.3 Å². The van der Waals surface area contributed by atoms with Crippen LogP contribution in [0.2, 0.25) is 0 Å². The highest BCUT2D eigenvalue weighted by molar-refractivity contribution is 5.77. The van der Waals surface area contributed by atoms with Gasteiger partial charge in [-0.2, -0.15) is 0 Å². The van der Waals surface area contributed by atoms with Gasteiger partial charge in [0.05, 0.1) is 50.7 Å². The lowest BCUT2D eigenvalue weighted by atomic mass is 9.88. The van der Waals surface area contributed by atoms with Gasteiger partial charge in [-0.05, 0) is 44.9 Å². The second-order valence-electron chi connectivity index (χ2n) is 31.4. The molecular weight excluding hydrogens is 1370 g/mol. The summed E-state index contributed by atoms with van der Waals surface area (Å²) in [6, 6.07) is -2.62. The van der Waals surface area contributed by atoms with Gasteiger partial charge >= 0.3 is 5.97 Å². The molecule has 18 unspecified atom stereocenters. The molecule has 3 aliphatic heterocycles. The molecule has 0 aromatic rings. The maximum absolute atomic E-state index is 13.6. The standard InChI is InChI=1S/C84H156N2O21/c1-4-6-8-10-12-14-16-18-20-22-24-26-27-28-29-30-31-32-33-34-35-36-37-38-40-42-44-46-48-50-52-54-56-58-71(94)86-65(66(91)57-55-53-51-49-47-45-43-41-39-25-23-21-19-17-15-13-11-9-7-5-2)63-102-81-76(98)75(97)78(70(62-89)104-81)105-82-77(99)80(74(96)69(61-88)103-82)107-84(83(100)101)59-67(92)72(85-64(3)90)79(106-84)73(95)68(93)60-87/h28-29,55,57,65-70,72-82,87-89,91-93,95-99H,4-27,30-54,56,58-63H2,1-3H3,(H,85,90)(H,86,94)(H,100,101)/b29-28-,57-55+. The minimum absolute atomic E-state index is 0.204. The van der Waals surface area contributed by atoms with Crippen LogP contribution in [-0.2, 0) is 42.8 Å². The smallest absolute Gasteiger partial charge is 0.364 e. The van der Waals surface area contributed by atoms with E-state index in [4.69, 9.17) is 28.4 Å². The molecule has 2 amide bonds. The first-order valence-electron chi connectivity index (χ1n) is 43.2. The number of amides is 2. The Bertz CT molecular complexity index is 2220. The summed E-state index contributed by atoms with van der Waals surface area (Å²) in [6.45, 7) is 2.20. The number of carboxylic acids is 1. The number of nitrogens with one attached hydrogen (secondary N) is 2. The van der Waals surface area contributed by atoms with E-state index in [2.05, 4.69) is 36.6 Å². The van der Waals surface area contributed by atoms with Crippen molar-refractivity contribution in [1.29, 1.82) is 0 Å². The first-order chi connectivity index (χ1) is 51.9. The predicted octanol–water partition coefficient (Wildman–Crippen LogP) is 12.7. The van der Waals surface area contributed by atoms with Gasteiger partial charge in [-0.1, -0.05) is 314 Å². The highest BCUT2D eigenvalue weighted by atomic mass is 16.8. The molecule has 0 aromatic heterocycles. The predicted molar refractivity (Wildman–Crippen MR) is 417 cm³/mol. The average molecular weight is 1530 g/mol. The molecule has 23 nitrogen and oxygen atoms in total. The number of aliphatic carboxylic acids is 1. The zero-order valence-corrected chi connectivity index (χ0v) is 66.8. The van der Waals surface area contributed by atoms with Gasteiger partial charge < -0.3 is 100 Å². The quantitative estimate of drug-likeness (QED) is 0.0199. The summed E-state index contributed by atoms with van der Waals surface area (Å²) < 4.78 is 34.9. The van der Waals surface area contributed by atoms with Gasteiger partial charge in [-0.15, -0.1) is 0 Å². The maximum Gasteiger partial charge on any atom is 0.364 e. The fourth-order valence-corrected chi connectivity index (χ4v) is 15.1. The first kappa shape index (κ1) is 98.4. The fourth-order valence-electron chi connectivity index (χ4n) is 15.1. The molecule has 3 heterocycles. The molecule has 0 spiro atoms. The number of aliphatic hydroxyl groups is 11. The van der Waals surface area contributed by atoms with E-state index in [1.807, 2.05) is 6.08 Å². The monoisotopic (exact) mass is 1530 g/mol. The summed E-state index contributed by atoms with van der Waals surface area (Å²) in [7, 11) is 0. The van der Waals surface area contributed by atoms with Crippen LogP contribution in [0.15, 0.2) is 24.3 Å². The SMILES string of the molecule is CCCCCCCCCCCCCC/C=C\CCCCCCCCCCCCCCCCCCCC(=O)NC(COC1OC(CO)C(OC2OC(CO)C(O)C(OC3(C(=O)O)CC(O)C(NC(C)=O)C(C(O)C(O)CO)O3)C2O)C(O)C1O)C(O)/C=C/CCCCCCCCCCCCCCCCCCCC. The largest absolute Gasteiger partial charge is 0.477 e. The van der Waals surface area contributed by atoms with Crippen molar-refractivity contribution in [2.45, 2.75) is 464 Å². The molecular formula is C84H156N2O21. The Morgan fingerprint density at radius 2 is 0.879 bits per heavy atom. The minimum atomic E-state index is -3.08. The number of hydrogen-bond donors (Lipinski definition) is 14. The van der Waals surface area contributed by atoms with Crippen LogP contribution in [0.1, 0.15) is 355 Å². The van der Waals surface area contributed by atoms with E-state index in [-0.39, 0.29) is 12.3 Å². The Morgan fingerprint density at radius 1 is 0.486 bits per heavy atom. The van der Waals surface area contributed by atoms with E-state index in [1.54, 1.807) is 6.08 Å². The van der Waals surface area contributed by atoms with Crippen molar-refractivity contribution in [3.8, 4) is 0 Å². The summed E-state index contributed by atoms with van der Waals surface area (Å²) in [5, 5.41) is 137. The van der Waals surface area contributed by atoms with Gasteiger partial charge in [0.2, 0.25) is 11.8 Å². The van der Waals surface area contributed by atoms with Gasteiger partial charge in [0.25, 0.3) is 5.79 Å². The average Bonchev–Trinajstić information content (AvgIpc) is 0.753. The topological polar surface area (TPSA) is 373 Å². The summed E-state index contributed by atoms with van der Waals surface area (Å²) in [5.41, 5.74) is 0. The molecule has 0 saturated carbocycles. The molecule has 3 rings (SSSR count). The van der Waals surface area contributed by atoms with Gasteiger partial charge in [0.15, 0.2) is 12.6 Å². The third kappa shape index (κ3) is 42.2. The highest BCUT2D eigenvalue weighted by Crippen LogP contribution is 2.39. The normalized spacial score (nSPS) is 26.1. The van der Waals surface area contributed by atoms with Crippen molar-refractivity contribution in [3.63, 3.8) is 0 Å². The van der Waals surface area contributed by atoms with Crippen LogP contribution in [0.3, 0.4) is 0 Å². The molecule has 23 heteroatoms.